The molecule has 2 rings (SSSR count). The van der Waals surface area contributed by atoms with Crippen LogP contribution in [-0.2, 0) is 4.74 Å². The zero-order valence-electron chi connectivity index (χ0n) is 12.4. The average Bonchev–Trinajstić information content (AvgIpc) is 3.04. The van der Waals surface area contributed by atoms with Crippen LogP contribution in [0.5, 0.6) is 5.75 Å². The van der Waals surface area contributed by atoms with Gasteiger partial charge < -0.3 is 15.2 Å². The van der Waals surface area contributed by atoms with E-state index in [1.807, 2.05) is 39.0 Å². The van der Waals surface area contributed by atoms with Gasteiger partial charge >= 0.3 is 6.09 Å². The molecule has 0 bridgehead atoms. The highest BCUT2D eigenvalue weighted by Gasteiger charge is 2.37. The Bertz CT molecular complexity index is 508. The second-order valence-electron chi connectivity index (χ2n) is 6.09. The third-order valence-corrected chi connectivity index (χ3v) is 3.13. The van der Waals surface area contributed by atoms with E-state index in [-0.39, 0.29) is 12.0 Å². The molecule has 1 amide bonds. The molecule has 0 saturated heterocycles. The Hall–Kier alpha value is -1.75. The van der Waals surface area contributed by atoms with Crippen molar-refractivity contribution in [3.63, 3.8) is 0 Å². The zero-order chi connectivity index (χ0) is 14.9. The number of methoxy groups -OCH3 is 1. The molecule has 0 radical (unpaired) electrons. The van der Waals surface area contributed by atoms with E-state index in [0.717, 1.165) is 23.4 Å². The lowest BCUT2D eigenvalue weighted by Gasteiger charge is -2.20. The number of hydrogen-bond donors (Lipinski definition) is 2. The van der Waals surface area contributed by atoms with E-state index < -0.39 is 11.7 Å². The molecule has 0 heterocycles. The van der Waals surface area contributed by atoms with Gasteiger partial charge in [0.25, 0.3) is 0 Å². The fourth-order valence-corrected chi connectivity index (χ4v) is 2.07. The summed E-state index contributed by atoms with van der Waals surface area (Å²) >= 11 is 0. The lowest BCUT2D eigenvalue weighted by atomic mass is 10.1. The Balaban J connectivity index is 2.16. The smallest absolute Gasteiger partial charge is 0.412 e. The van der Waals surface area contributed by atoms with Gasteiger partial charge in [-0.15, -0.1) is 0 Å². The standard InChI is InChI=1S/C15H22N2O3/c1-15(2,3)20-14(18)17-13-6-5-9(19-4)7-11(13)10-8-12(10)16/h5-7,10,12H,8,16H2,1-4H3,(H,17,18)/t10-,12+/m0/s1. The largest absolute Gasteiger partial charge is 0.497 e. The van der Waals surface area contributed by atoms with Gasteiger partial charge in [0.1, 0.15) is 11.4 Å². The lowest BCUT2D eigenvalue weighted by Crippen LogP contribution is -2.27. The van der Waals surface area contributed by atoms with Crippen molar-refractivity contribution in [2.24, 2.45) is 5.73 Å². The van der Waals surface area contributed by atoms with Crippen LogP contribution in [0.4, 0.5) is 10.5 Å². The Morgan fingerprint density at radius 2 is 2.05 bits per heavy atom. The highest BCUT2D eigenvalue weighted by molar-refractivity contribution is 5.86. The van der Waals surface area contributed by atoms with E-state index in [0.29, 0.717) is 0 Å². The monoisotopic (exact) mass is 278 g/mol. The number of carbonyl (C=O) groups excluding carboxylic acids is 1. The molecular formula is C15H22N2O3. The minimum Gasteiger partial charge on any atom is -0.497 e. The van der Waals surface area contributed by atoms with Gasteiger partial charge in [0.15, 0.2) is 0 Å². The highest BCUT2D eigenvalue weighted by Crippen LogP contribution is 2.43. The molecule has 5 heteroatoms. The third kappa shape index (κ3) is 3.63. The van der Waals surface area contributed by atoms with Crippen LogP contribution in [0.1, 0.15) is 38.7 Å². The fourth-order valence-electron chi connectivity index (χ4n) is 2.07. The van der Waals surface area contributed by atoms with Crippen molar-refractivity contribution < 1.29 is 14.3 Å². The van der Waals surface area contributed by atoms with E-state index in [9.17, 15) is 4.79 Å². The normalized spacial score (nSPS) is 21.2. The van der Waals surface area contributed by atoms with Crippen LogP contribution in [0.15, 0.2) is 18.2 Å². The first-order chi connectivity index (χ1) is 9.30. The van der Waals surface area contributed by atoms with Crippen LogP contribution in [0.2, 0.25) is 0 Å². The summed E-state index contributed by atoms with van der Waals surface area (Å²) in [7, 11) is 1.62. The predicted molar refractivity (Wildman–Crippen MR) is 78.2 cm³/mol. The minimum atomic E-state index is -0.521. The molecule has 1 aliphatic rings. The first-order valence-corrected chi connectivity index (χ1v) is 6.73. The van der Waals surface area contributed by atoms with Crippen LogP contribution < -0.4 is 15.8 Å². The Morgan fingerprint density at radius 3 is 2.55 bits per heavy atom. The maximum atomic E-state index is 11.9. The number of nitrogens with two attached hydrogens (primary N) is 1. The quantitative estimate of drug-likeness (QED) is 0.891. The van der Waals surface area contributed by atoms with E-state index in [1.165, 1.54) is 0 Å². The lowest BCUT2D eigenvalue weighted by molar-refractivity contribution is 0.0636. The number of benzene rings is 1. The van der Waals surface area contributed by atoms with Crippen molar-refractivity contribution in [3.05, 3.63) is 23.8 Å². The van der Waals surface area contributed by atoms with Crippen molar-refractivity contribution >= 4 is 11.8 Å². The van der Waals surface area contributed by atoms with E-state index >= 15 is 0 Å². The highest BCUT2D eigenvalue weighted by atomic mass is 16.6. The number of amides is 1. The molecule has 1 aliphatic carbocycles. The number of nitrogens with one attached hydrogen (secondary N) is 1. The molecule has 1 aromatic rings. The molecule has 0 spiro atoms. The number of rotatable bonds is 3. The molecule has 110 valence electrons. The molecule has 20 heavy (non-hydrogen) atoms. The number of ether oxygens (including phenoxy) is 2. The van der Waals surface area contributed by atoms with Crippen molar-refractivity contribution in [1.82, 2.24) is 0 Å². The number of hydrogen-bond acceptors (Lipinski definition) is 4. The Morgan fingerprint density at radius 1 is 1.40 bits per heavy atom. The van der Waals surface area contributed by atoms with Crippen LogP contribution >= 0.6 is 0 Å². The molecule has 5 nitrogen and oxygen atoms in total. The topological polar surface area (TPSA) is 73.6 Å². The van der Waals surface area contributed by atoms with Gasteiger partial charge in [0.2, 0.25) is 0 Å². The summed E-state index contributed by atoms with van der Waals surface area (Å²) in [5.41, 5.74) is 7.12. The molecule has 1 aromatic carbocycles. The molecule has 0 aromatic heterocycles. The van der Waals surface area contributed by atoms with Crippen molar-refractivity contribution in [1.29, 1.82) is 0 Å². The molecule has 1 fully saturated rings. The molecule has 3 N–H and O–H groups in total. The molecule has 2 atom stereocenters. The summed E-state index contributed by atoms with van der Waals surface area (Å²) in [5, 5.41) is 2.79. The maximum Gasteiger partial charge on any atom is 0.412 e. The van der Waals surface area contributed by atoms with E-state index in [1.54, 1.807) is 7.11 Å². The first-order valence-electron chi connectivity index (χ1n) is 6.73. The van der Waals surface area contributed by atoms with Crippen molar-refractivity contribution in [3.8, 4) is 5.75 Å². The Kier molecular flexibility index (Phi) is 3.90. The van der Waals surface area contributed by atoms with Gasteiger partial charge in [-0.2, -0.15) is 0 Å². The fraction of sp³-hybridized carbons (Fsp3) is 0.533. The van der Waals surface area contributed by atoms with Crippen molar-refractivity contribution in [2.75, 3.05) is 12.4 Å². The number of carbonyl (C=O) groups is 1. The average molecular weight is 278 g/mol. The van der Waals surface area contributed by atoms with Gasteiger partial charge in [-0.3, -0.25) is 5.32 Å². The van der Waals surface area contributed by atoms with Gasteiger partial charge in [0, 0.05) is 17.6 Å². The molecule has 1 saturated carbocycles. The minimum absolute atomic E-state index is 0.154. The molecular weight excluding hydrogens is 256 g/mol. The predicted octanol–water partition coefficient (Wildman–Crippen LogP) is 2.86. The van der Waals surface area contributed by atoms with Crippen molar-refractivity contribution in [2.45, 2.75) is 44.8 Å². The Labute approximate surface area is 119 Å². The summed E-state index contributed by atoms with van der Waals surface area (Å²) in [6, 6.07) is 5.71. The molecule has 0 aliphatic heterocycles. The molecule has 0 unspecified atom stereocenters. The summed E-state index contributed by atoms with van der Waals surface area (Å²) < 4.78 is 10.5. The van der Waals surface area contributed by atoms with Crippen LogP contribution in [-0.4, -0.2) is 24.8 Å². The van der Waals surface area contributed by atoms with Crippen LogP contribution in [0.25, 0.3) is 0 Å². The second kappa shape index (κ2) is 5.32. The van der Waals surface area contributed by atoms with Gasteiger partial charge in [-0.1, -0.05) is 0 Å². The van der Waals surface area contributed by atoms with Gasteiger partial charge in [0.05, 0.1) is 7.11 Å². The SMILES string of the molecule is COc1ccc(NC(=O)OC(C)(C)C)c([C@@H]2C[C@H]2N)c1. The van der Waals surface area contributed by atoms with Gasteiger partial charge in [-0.05, 0) is 51.0 Å². The summed E-state index contributed by atoms with van der Waals surface area (Å²) in [4.78, 5) is 11.9. The first kappa shape index (κ1) is 14.7. The second-order valence-corrected chi connectivity index (χ2v) is 6.09. The van der Waals surface area contributed by atoms with E-state index in [4.69, 9.17) is 15.2 Å². The van der Waals surface area contributed by atoms with E-state index in [2.05, 4.69) is 5.32 Å². The zero-order valence-corrected chi connectivity index (χ0v) is 12.4. The summed E-state index contributed by atoms with van der Waals surface area (Å²) in [6.45, 7) is 5.49. The summed E-state index contributed by atoms with van der Waals surface area (Å²) in [6.07, 6.45) is 0.467. The number of anilines is 1. The van der Waals surface area contributed by atoms with Gasteiger partial charge in [-0.25, -0.2) is 4.79 Å². The van der Waals surface area contributed by atoms with Crippen LogP contribution in [0.3, 0.4) is 0 Å². The maximum absolute atomic E-state index is 11.9. The third-order valence-electron chi connectivity index (χ3n) is 3.13. The summed E-state index contributed by atoms with van der Waals surface area (Å²) in [5.74, 6) is 1.03. The van der Waals surface area contributed by atoms with Crippen LogP contribution in [0, 0.1) is 0 Å².